The van der Waals surface area contributed by atoms with E-state index in [1.54, 1.807) is 0 Å². The zero-order chi connectivity index (χ0) is 46.3. The SMILES string of the molecule is CCCCCC[NH-].CCCCCC[NH-].[Cl-].[Cl-].[Hf].[Hf].[c-]1cccc2c1Cc1ccccc1-2.[c-]1cccc2c1Cc1ccccc1-2.c1ccc([SiH]c2ccccc2)cc1.c1ccc([SiH]c2ccccc2)cc1. The van der Waals surface area contributed by atoms with Crippen molar-refractivity contribution in [3.05, 3.63) is 252 Å². The van der Waals surface area contributed by atoms with E-state index in [0.717, 1.165) is 25.7 Å². The average molecular weight is 1330 g/mol. The number of unbranched alkanes of at least 4 members (excludes halogenated alkanes) is 6. The Morgan fingerprint density at radius 3 is 0.943 bits per heavy atom. The Kier molecular flexibility index (Phi) is 36.8. The molecule has 0 saturated carbocycles. The van der Waals surface area contributed by atoms with Crippen LogP contribution in [0.2, 0.25) is 0 Å². The van der Waals surface area contributed by atoms with Crippen LogP contribution in [0.15, 0.2) is 206 Å². The minimum Gasteiger partial charge on any atom is -1.00 e. The van der Waals surface area contributed by atoms with Gasteiger partial charge in [0.2, 0.25) is 0 Å². The van der Waals surface area contributed by atoms with E-state index in [9.17, 15) is 0 Å². The molecule has 0 atom stereocenters. The van der Waals surface area contributed by atoms with E-state index in [2.05, 4.69) is 220 Å². The van der Waals surface area contributed by atoms with Gasteiger partial charge in [0, 0.05) is 51.7 Å². The molecular formula is C62H68Cl2Hf2N2Si2-6. The molecule has 8 heteroatoms. The molecular weight excluding hydrogens is 1260 g/mol. The molecule has 2 nitrogen and oxygen atoms in total. The molecule has 10 rings (SSSR count). The molecule has 2 aliphatic carbocycles. The predicted molar refractivity (Wildman–Crippen MR) is 292 cm³/mol. The third kappa shape index (κ3) is 23.8. The molecule has 2 N–H and O–H groups in total. The molecule has 0 amide bonds. The standard InChI is InChI=1S/2C13H9.2C12H11Si.2C6H14N.2ClH.2Hf/c2*1-3-7-12-10(5-1)9-11-6-2-4-8-13(11)12;2*1-3-7-11(8-4-1)13-12-9-5-2-6-10-12;2*1-2-3-4-5-6-7;;;;/h2*1-5,7-8H,9H2;2*1-10,13H;2*7H,2-6H2,1H3;2*1H;;/q2*-1;;;2*-1;;;;/p-2. The third-order valence-corrected chi connectivity index (χ3v) is 14.0. The van der Waals surface area contributed by atoms with Crippen molar-refractivity contribution in [1.82, 2.24) is 0 Å². The number of hydrogen-bond donors (Lipinski definition) is 0. The van der Waals surface area contributed by atoms with Crippen molar-refractivity contribution in [2.45, 2.75) is 78.1 Å². The average Bonchev–Trinajstić information content (AvgIpc) is 3.96. The van der Waals surface area contributed by atoms with Crippen LogP contribution < -0.4 is 45.6 Å². The number of hydrogen-bond acceptors (Lipinski definition) is 0. The van der Waals surface area contributed by atoms with Gasteiger partial charge in [0.1, 0.15) is 19.0 Å². The molecule has 0 spiro atoms. The Morgan fingerprint density at radius 2 is 0.643 bits per heavy atom. The van der Waals surface area contributed by atoms with E-state index in [1.807, 2.05) is 12.1 Å². The number of rotatable bonds is 12. The van der Waals surface area contributed by atoms with Gasteiger partial charge in [0.25, 0.3) is 0 Å². The van der Waals surface area contributed by atoms with Crippen LogP contribution >= 0.6 is 0 Å². The maximum Gasteiger partial charge on any atom is 0.103 e. The van der Waals surface area contributed by atoms with Gasteiger partial charge in [-0.3, -0.25) is 0 Å². The van der Waals surface area contributed by atoms with E-state index in [0.29, 0.717) is 13.1 Å². The first-order valence-electron chi connectivity index (χ1n) is 24.0. The van der Waals surface area contributed by atoms with Gasteiger partial charge in [0.05, 0.1) is 0 Å². The van der Waals surface area contributed by atoms with Crippen molar-refractivity contribution in [3.8, 4) is 22.3 Å². The van der Waals surface area contributed by atoms with E-state index >= 15 is 0 Å². The number of nitrogens with one attached hydrogen (secondary N) is 2. The van der Waals surface area contributed by atoms with Crippen LogP contribution in [0, 0.1) is 12.1 Å². The summed E-state index contributed by atoms with van der Waals surface area (Å²) in [5.41, 5.74) is 24.6. The van der Waals surface area contributed by atoms with Crippen molar-refractivity contribution in [3.63, 3.8) is 0 Å². The van der Waals surface area contributed by atoms with Gasteiger partial charge >= 0.3 is 0 Å². The maximum atomic E-state index is 6.78. The van der Waals surface area contributed by atoms with Crippen LogP contribution in [0.4, 0.5) is 0 Å². The van der Waals surface area contributed by atoms with Crippen LogP contribution in [-0.4, -0.2) is 32.1 Å². The van der Waals surface area contributed by atoms with Crippen molar-refractivity contribution < 1.29 is 76.5 Å². The molecule has 2 aliphatic rings. The molecule has 0 aliphatic heterocycles. The van der Waals surface area contributed by atoms with Crippen LogP contribution in [0.25, 0.3) is 33.7 Å². The van der Waals surface area contributed by atoms with Gasteiger partial charge in [-0.05, 0) is 12.8 Å². The van der Waals surface area contributed by atoms with Crippen molar-refractivity contribution in [2.24, 2.45) is 0 Å². The Labute approximate surface area is 477 Å². The first kappa shape index (κ1) is 64.4. The second kappa shape index (κ2) is 40.0. The van der Waals surface area contributed by atoms with Gasteiger partial charge in [-0.25, -0.2) is 0 Å². The second-order valence-electron chi connectivity index (χ2n) is 16.3. The van der Waals surface area contributed by atoms with E-state index in [4.69, 9.17) is 11.5 Å². The summed E-state index contributed by atoms with van der Waals surface area (Å²) in [6.45, 7) is 5.59. The van der Waals surface area contributed by atoms with Crippen LogP contribution in [0.3, 0.4) is 0 Å². The summed E-state index contributed by atoms with van der Waals surface area (Å²) in [7, 11) is 0.543. The fraction of sp³-hybridized carbons (Fsp3) is 0.226. The summed E-state index contributed by atoms with van der Waals surface area (Å²) in [5.74, 6) is 0. The Balaban J connectivity index is 0.000000423. The molecule has 0 unspecified atom stereocenters. The summed E-state index contributed by atoms with van der Waals surface area (Å²) < 4.78 is 0. The van der Waals surface area contributed by atoms with Gasteiger partial charge in [-0.2, -0.15) is 72.7 Å². The third-order valence-electron chi connectivity index (χ3n) is 11.2. The largest absolute Gasteiger partial charge is 1.00 e. The number of fused-ring (bicyclic) bond motifs is 6. The summed E-state index contributed by atoms with van der Waals surface area (Å²) in [6, 6.07) is 78.9. The van der Waals surface area contributed by atoms with Gasteiger partial charge < -0.3 is 36.3 Å². The van der Waals surface area contributed by atoms with Crippen LogP contribution in [-0.2, 0) is 64.5 Å². The number of benzene rings is 8. The van der Waals surface area contributed by atoms with Gasteiger partial charge in [0.15, 0.2) is 0 Å². The van der Waals surface area contributed by atoms with Gasteiger partial charge in [-0.15, -0.1) is 11.1 Å². The van der Waals surface area contributed by atoms with Crippen LogP contribution in [0.1, 0.15) is 87.5 Å². The van der Waals surface area contributed by atoms with Crippen molar-refractivity contribution >= 4 is 39.8 Å². The molecule has 8 aromatic rings. The predicted octanol–water partition coefficient (Wildman–Crippen LogP) is 7.50. The molecule has 0 bridgehead atoms. The van der Waals surface area contributed by atoms with E-state index in [1.165, 1.54) is 104 Å². The molecule has 0 saturated heterocycles. The zero-order valence-corrected chi connectivity index (χ0v) is 52.0. The quantitative estimate of drug-likeness (QED) is 0.0692. The normalized spacial score (nSPS) is 10.1. The van der Waals surface area contributed by atoms with Crippen molar-refractivity contribution in [2.75, 3.05) is 13.1 Å². The number of halogens is 2. The second-order valence-corrected chi connectivity index (χ2v) is 19.6. The molecule has 0 aromatic heterocycles. The summed E-state index contributed by atoms with van der Waals surface area (Å²) in [6.07, 6.45) is 11.9. The fourth-order valence-corrected chi connectivity index (χ4v) is 10.1. The van der Waals surface area contributed by atoms with Crippen LogP contribution in [0.5, 0.6) is 0 Å². The summed E-state index contributed by atoms with van der Waals surface area (Å²) in [4.78, 5) is 0. The molecule has 362 valence electrons. The minimum absolute atomic E-state index is 0. The Hall–Kier alpha value is -3.57. The van der Waals surface area contributed by atoms with Gasteiger partial charge in [-0.1, -0.05) is 278 Å². The first-order valence-corrected chi connectivity index (χ1v) is 26.3. The van der Waals surface area contributed by atoms with E-state index < -0.39 is 0 Å². The molecule has 0 heterocycles. The molecule has 8 aromatic carbocycles. The van der Waals surface area contributed by atoms with E-state index in [-0.39, 0.29) is 95.5 Å². The molecule has 2 radical (unpaired) electrons. The molecule has 70 heavy (non-hydrogen) atoms. The topological polar surface area (TPSA) is 47.6 Å². The Bertz CT molecular complexity index is 2150. The Morgan fingerprint density at radius 1 is 0.357 bits per heavy atom. The first-order chi connectivity index (χ1) is 32.6. The molecule has 0 fully saturated rings. The fourth-order valence-electron chi connectivity index (χ4n) is 7.68. The minimum atomic E-state index is 0. The monoisotopic (exact) mass is 1330 g/mol. The van der Waals surface area contributed by atoms with Crippen molar-refractivity contribution in [1.29, 1.82) is 0 Å². The smallest absolute Gasteiger partial charge is 0.103 e. The summed E-state index contributed by atoms with van der Waals surface area (Å²) >= 11 is 0. The zero-order valence-electron chi connectivity index (χ0n) is 41.0. The summed E-state index contributed by atoms with van der Waals surface area (Å²) in [5, 5.41) is 5.81. The maximum absolute atomic E-state index is 6.78.